The number of para-hydroxylation sites is 1. The number of carbonyl (C=O) groups is 1. The van der Waals surface area contributed by atoms with Gasteiger partial charge in [0.1, 0.15) is 18.3 Å². The molecule has 128 valence electrons. The molecular weight excluding hydrogens is 356 g/mol. The van der Waals surface area contributed by atoms with Crippen molar-refractivity contribution in [1.29, 1.82) is 0 Å². The molecule has 1 aromatic heterocycles. The largest absolute Gasteiger partial charge is 0.323 e. The van der Waals surface area contributed by atoms with Crippen LogP contribution in [0.4, 0.5) is 5.69 Å². The highest BCUT2D eigenvalue weighted by Crippen LogP contribution is 2.28. The summed E-state index contributed by atoms with van der Waals surface area (Å²) in [5.41, 5.74) is 2.41. The Morgan fingerprint density at radius 1 is 1.24 bits per heavy atom. The number of carbonyl (C=O) groups excluding carboxylic acids is 1. The molecule has 1 heterocycles. The van der Waals surface area contributed by atoms with Crippen LogP contribution in [0.15, 0.2) is 61.2 Å². The van der Waals surface area contributed by atoms with Gasteiger partial charge in [0.25, 0.3) is 0 Å². The monoisotopic (exact) mass is 372 g/mol. The summed E-state index contributed by atoms with van der Waals surface area (Å²) in [5.74, 6) is 0.700. The molecule has 0 fully saturated rings. The van der Waals surface area contributed by atoms with Crippen molar-refractivity contribution < 1.29 is 4.79 Å². The molecule has 1 atom stereocenters. The number of rotatable bonds is 6. The van der Waals surface area contributed by atoms with Crippen LogP contribution in [0.3, 0.4) is 0 Å². The maximum atomic E-state index is 12.5. The average molecular weight is 373 g/mol. The predicted molar refractivity (Wildman–Crippen MR) is 102 cm³/mol. The van der Waals surface area contributed by atoms with E-state index in [1.165, 1.54) is 11.9 Å². The van der Waals surface area contributed by atoms with Crippen molar-refractivity contribution in [3.05, 3.63) is 71.8 Å². The molecule has 1 N–H and O–H groups in total. The van der Waals surface area contributed by atoms with Gasteiger partial charge in [0.2, 0.25) is 5.91 Å². The Morgan fingerprint density at radius 3 is 2.76 bits per heavy atom. The van der Waals surface area contributed by atoms with E-state index < -0.39 is 0 Å². The van der Waals surface area contributed by atoms with Crippen LogP contribution in [0, 0.1) is 0 Å². The molecule has 1 unspecified atom stereocenters. The van der Waals surface area contributed by atoms with Gasteiger partial charge in [0.05, 0.1) is 16.0 Å². The van der Waals surface area contributed by atoms with E-state index in [2.05, 4.69) is 27.5 Å². The van der Waals surface area contributed by atoms with E-state index in [1.807, 2.05) is 25.1 Å². The summed E-state index contributed by atoms with van der Waals surface area (Å²) in [5, 5.41) is 7.33. The molecule has 0 aliphatic rings. The fourth-order valence-corrected chi connectivity index (χ4v) is 3.38. The molecule has 7 heteroatoms. The Kier molecular flexibility index (Phi) is 5.73. The van der Waals surface area contributed by atoms with Crippen molar-refractivity contribution in [2.45, 2.75) is 17.9 Å². The molecule has 3 rings (SSSR count). The van der Waals surface area contributed by atoms with Crippen LogP contribution in [0.25, 0.3) is 5.69 Å². The first-order chi connectivity index (χ1) is 12.1. The Bertz CT molecular complexity index is 840. The van der Waals surface area contributed by atoms with Crippen LogP contribution in [-0.2, 0) is 10.5 Å². The molecule has 0 saturated heterocycles. The SMILES string of the molecule is CC(SCc1ccccc1)C(=O)Nc1cccc(Cl)c1-n1cncn1. The van der Waals surface area contributed by atoms with Crippen molar-refractivity contribution in [2.24, 2.45) is 0 Å². The van der Waals surface area contributed by atoms with Crippen molar-refractivity contribution >= 4 is 35.0 Å². The minimum Gasteiger partial charge on any atom is -0.323 e. The first kappa shape index (κ1) is 17.5. The lowest BCUT2D eigenvalue weighted by molar-refractivity contribution is -0.115. The maximum absolute atomic E-state index is 12.5. The number of amides is 1. The maximum Gasteiger partial charge on any atom is 0.237 e. The number of benzene rings is 2. The summed E-state index contributed by atoms with van der Waals surface area (Å²) in [7, 11) is 0. The van der Waals surface area contributed by atoms with Gasteiger partial charge in [-0.3, -0.25) is 4.79 Å². The minimum atomic E-state index is -0.206. The van der Waals surface area contributed by atoms with Crippen molar-refractivity contribution in [2.75, 3.05) is 5.32 Å². The van der Waals surface area contributed by atoms with Gasteiger partial charge in [0, 0.05) is 5.75 Å². The van der Waals surface area contributed by atoms with Crippen LogP contribution in [0.5, 0.6) is 0 Å². The summed E-state index contributed by atoms with van der Waals surface area (Å²) in [6.07, 6.45) is 2.97. The summed E-state index contributed by atoms with van der Waals surface area (Å²) < 4.78 is 1.54. The van der Waals surface area contributed by atoms with Crippen molar-refractivity contribution in [3.8, 4) is 5.69 Å². The third-order valence-corrected chi connectivity index (χ3v) is 5.12. The Labute approximate surface area is 155 Å². The molecule has 2 aromatic carbocycles. The fourth-order valence-electron chi connectivity index (χ4n) is 2.28. The van der Waals surface area contributed by atoms with E-state index in [0.29, 0.717) is 16.4 Å². The van der Waals surface area contributed by atoms with Crippen LogP contribution in [0.2, 0.25) is 5.02 Å². The van der Waals surface area contributed by atoms with Gasteiger partial charge in [0.15, 0.2) is 0 Å². The summed E-state index contributed by atoms with van der Waals surface area (Å²) in [6, 6.07) is 15.4. The topological polar surface area (TPSA) is 59.8 Å². The molecule has 0 aliphatic carbocycles. The molecule has 5 nitrogen and oxygen atoms in total. The van der Waals surface area contributed by atoms with E-state index in [-0.39, 0.29) is 11.2 Å². The predicted octanol–water partition coefficient (Wildman–Crippen LogP) is 4.18. The zero-order valence-electron chi connectivity index (χ0n) is 13.6. The van der Waals surface area contributed by atoms with Crippen LogP contribution >= 0.6 is 23.4 Å². The van der Waals surface area contributed by atoms with Crippen LogP contribution < -0.4 is 5.32 Å². The first-order valence-corrected chi connectivity index (χ1v) is 9.17. The number of nitrogens with one attached hydrogen (secondary N) is 1. The lowest BCUT2D eigenvalue weighted by atomic mass is 10.2. The van der Waals surface area contributed by atoms with Crippen molar-refractivity contribution in [3.63, 3.8) is 0 Å². The fraction of sp³-hybridized carbons (Fsp3) is 0.167. The third kappa shape index (κ3) is 4.41. The number of halogens is 1. The highest BCUT2D eigenvalue weighted by molar-refractivity contribution is 7.99. The molecule has 3 aromatic rings. The first-order valence-electron chi connectivity index (χ1n) is 7.75. The molecule has 0 aliphatic heterocycles. The smallest absolute Gasteiger partial charge is 0.237 e. The van der Waals surface area contributed by atoms with Gasteiger partial charge in [-0.1, -0.05) is 48.0 Å². The zero-order valence-corrected chi connectivity index (χ0v) is 15.2. The number of hydrogen-bond donors (Lipinski definition) is 1. The summed E-state index contributed by atoms with van der Waals surface area (Å²) in [4.78, 5) is 16.5. The van der Waals surface area contributed by atoms with Gasteiger partial charge in [-0.15, -0.1) is 11.8 Å². The average Bonchev–Trinajstić information content (AvgIpc) is 3.14. The number of hydrogen-bond acceptors (Lipinski definition) is 4. The van der Waals surface area contributed by atoms with Gasteiger partial charge in [-0.2, -0.15) is 5.10 Å². The number of thioether (sulfide) groups is 1. The number of anilines is 1. The second-order valence-corrected chi connectivity index (χ2v) is 7.14. The lowest BCUT2D eigenvalue weighted by Gasteiger charge is -2.15. The molecular formula is C18H17ClN4OS. The van der Waals surface area contributed by atoms with E-state index in [4.69, 9.17) is 11.6 Å². The highest BCUT2D eigenvalue weighted by atomic mass is 35.5. The second-order valence-electron chi connectivity index (χ2n) is 5.40. The van der Waals surface area contributed by atoms with Crippen LogP contribution in [-0.4, -0.2) is 25.9 Å². The van der Waals surface area contributed by atoms with E-state index in [0.717, 1.165) is 5.75 Å². The Balaban J connectivity index is 1.70. The third-order valence-electron chi connectivity index (χ3n) is 3.60. The van der Waals surface area contributed by atoms with Crippen LogP contribution in [0.1, 0.15) is 12.5 Å². The zero-order chi connectivity index (χ0) is 17.6. The van der Waals surface area contributed by atoms with Crippen molar-refractivity contribution in [1.82, 2.24) is 14.8 Å². The second kappa shape index (κ2) is 8.18. The summed E-state index contributed by atoms with van der Waals surface area (Å²) in [6.45, 7) is 1.89. The quantitative estimate of drug-likeness (QED) is 0.705. The molecule has 25 heavy (non-hydrogen) atoms. The normalized spacial score (nSPS) is 11.9. The molecule has 0 radical (unpaired) electrons. The number of aromatic nitrogens is 3. The number of nitrogens with zero attached hydrogens (tertiary/aromatic N) is 3. The Morgan fingerprint density at radius 2 is 2.04 bits per heavy atom. The molecule has 0 spiro atoms. The van der Waals surface area contributed by atoms with Gasteiger partial charge in [-0.05, 0) is 24.6 Å². The van der Waals surface area contributed by atoms with Gasteiger partial charge >= 0.3 is 0 Å². The molecule has 0 bridgehead atoms. The highest BCUT2D eigenvalue weighted by Gasteiger charge is 2.17. The lowest BCUT2D eigenvalue weighted by Crippen LogP contribution is -2.23. The van der Waals surface area contributed by atoms with Gasteiger partial charge < -0.3 is 5.32 Å². The molecule has 0 saturated carbocycles. The summed E-state index contributed by atoms with van der Waals surface area (Å²) >= 11 is 7.86. The molecule has 1 amide bonds. The Hall–Kier alpha value is -2.31. The van der Waals surface area contributed by atoms with E-state index in [1.54, 1.807) is 41.0 Å². The standard InChI is InChI=1S/C18H17ClN4OS/c1-13(25-10-14-6-3-2-4-7-14)18(24)22-16-9-5-8-15(19)17(16)23-12-20-11-21-23/h2-9,11-13H,10H2,1H3,(H,22,24). The van der Waals surface area contributed by atoms with E-state index >= 15 is 0 Å². The van der Waals surface area contributed by atoms with E-state index in [9.17, 15) is 4.79 Å². The minimum absolute atomic E-state index is 0.0791. The van der Waals surface area contributed by atoms with Gasteiger partial charge in [-0.25, -0.2) is 9.67 Å².